The second kappa shape index (κ2) is 7.80. The molecular weight excluding hydrogens is 470 g/mol. The van der Waals surface area contributed by atoms with Crippen molar-refractivity contribution in [2.24, 2.45) is 7.05 Å². The number of ether oxygens (including phenoxy) is 1. The van der Waals surface area contributed by atoms with Crippen molar-refractivity contribution in [3.8, 4) is 22.7 Å². The molecule has 1 atom stereocenters. The van der Waals surface area contributed by atoms with Gasteiger partial charge in [-0.25, -0.2) is 23.5 Å². The molecule has 0 bridgehead atoms. The largest absolute Gasteiger partial charge is 0.483 e. The number of hydrogen-bond donors (Lipinski definition) is 0. The number of rotatable bonds is 3. The van der Waals surface area contributed by atoms with Gasteiger partial charge in [0.1, 0.15) is 17.4 Å². The first-order chi connectivity index (χ1) is 17.6. The normalized spacial score (nSPS) is 17.3. The van der Waals surface area contributed by atoms with Gasteiger partial charge in [-0.2, -0.15) is 5.10 Å². The molecule has 2 aromatic heterocycles. The fraction of sp³-hybridized carbons (Fsp3) is 0.286. The van der Waals surface area contributed by atoms with Gasteiger partial charge in [0.25, 0.3) is 0 Å². The zero-order valence-corrected chi connectivity index (χ0v) is 21.3. The van der Waals surface area contributed by atoms with E-state index in [0.717, 1.165) is 32.7 Å². The molecule has 2 aliphatic rings. The minimum Gasteiger partial charge on any atom is -0.483 e. The zero-order chi connectivity index (χ0) is 26.2. The number of allylic oxidation sites excluding steroid dienone is 1. The first-order valence-electron chi connectivity index (χ1n) is 12.2. The van der Waals surface area contributed by atoms with E-state index >= 15 is 0 Å². The molecule has 6 rings (SSSR count). The third-order valence-electron chi connectivity index (χ3n) is 7.28. The molecule has 4 heterocycles. The van der Waals surface area contributed by atoms with Gasteiger partial charge in [0.15, 0.2) is 5.78 Å². The van der Waals surface area contributed by atoms with Crippen LogP contribution in [0.25, 0.3) is 16.9 Å². The Labute approximate surface area is 212 Å². The van der Waals surface area contributed by atoms with Crippen molar-refractivity contribution in [3.63, 3.8) is 0 Å². The van der Waals surface area contributed by atoms with Crippen LogP contribution in [0.1, 0.15) is 48.4 Å². The van der Waals surface area contributed by atoms with E-state index in [1.807, 2.05) is 62.8 Å². The lowest BCUT2D eigenvalue weighted by atomic mass is 9.82. The van der Waals surface area contributed by atoms with Crippen LogP contribution in [0.15, 0.2) is 69.8 Å². The van der Waals surface area contributed by atoms with Crippen LogP contribution in [-0.2, 0) is 13.6 Å². The van der Waals surface area contributed by atoms with Gasteiger partial charge in [0.05, 0.1) is 23.6 Å². The Morgan fingerprint density at radius 2 is 1.78 bits per heavy atom. The second-order valence-corrected chi connectivity index (χ2v) is 10.2. The molecule has 9 heteroatoms. The number of fused-ring (bicyclic) bond motifs is 5. The van der Waals surface area contributed by atoms with Crippen molar-refractivity contribution in [2.45, 2.75) is 45.9 Å². The molecule has 0 fully saturated rings. The van der Waals surface area contributed by atoms with Gasteiger partial charge >= 0.3 is 11.4 Å². The van der Waals surface area contributed by atoms with Crippen LogP contribution in [0.3, 0.4) is 0 Å². The number of nitrogens with zero attached hydrogens (tertiary/aromatic N) is 5. The first-order valence-corrected chi connectivity index (χ1v) is 12.2. The molecular formula is C28H27N5O4. The summed E-state index contributed by atoms with van der Waals surface area (Å²) in [5.74, 6) is 0.581. The Hall–Kier alpha value is -4.40. The highest BCUT2D eigenvalue weighted by Gasteiger charge is 2.44. The lowest BCUT2D eigenvalue weighted by Gasteiger charge is -2.42. The predicted octanol–water partition coefficient (Wildman–Crippen LogP) is 3.41. The fourth-order valence-corrected chi connectivity index (χ4v) is 5.50. The minimum atomic E-state index is -0.690. The number of aromatic nitrogens is 5. The smallest absolute Gasteiger partial charge is 0.352 e. The number of carbonyl (C=O) groups is 1. The van der Waals surface area contributed by atoms with Crippen LogP contribution in [0.4, 0.5) is 0 Å². The Morgan fingerprint density at radius 1 is 1.05 bits per heavy atom. The maximum Gasteiger partial charge on any atom is 0.352 e. The van der Waals surface area contributed by atoms with E-state index in [2.05, 4.69) is 5.10 Å². The average molecular weight is 498 g/mol. The zero-order valence-electron chi connectivity index (χ0n) is 21.3. The van der Waals surface area contributed by atoms with Gasteiger partial charge < -0.3 is 4.74 Å². The Morgan fingerprint density at radius 3 is 2.43 bits per heavy atom. The van der Waals surface area contributed by atoms with Gasteiger partial charge in [0, 0.05) is 23.7 Å². The van der Waals surface area contributed by atoms with E-state index in [1.54, 1.807) is 24.3 Å². The molecule has 2 aliphatic heterocycles. The second-order valence-electron chi connectivity index (χ2n) is 10.2. The third-order valence-corrected chi connectivity index (χ3v) is 7.28. The highest BCUT2D eigenvalue weighted by Crippen LogP contribution is 2.47. The molecule has 9 nitrogen and oxygen atoms in total. The molecule has 0 saturated heterocycles. The molecule has 37 heavy (non-hydrogen) atoms. The summed E-state index contributed by atoms with van der Waals surface area (Å²) in [4.78, 5) is 39.0. The maximum atomic E-state index is 13.8. The predicted molar refractivity (Wildman–Crippen MR) is 139 cm³/mol. The van der Waals surface area contributed by atoms with Crippen molar-refractivity contribution in [2.75, 3.05) is 0 Å². The highest BCUT2D eigenvalue weighted by atomic mass is 16.5. The van der Waals surface area contributed by atoms with Gasteiger partial charge in [-0.1, -0.05) is 18.2 Å². The molecule has 1 unspecified atom stereocenters. The number of ketones is 1. The van der Waals surface area contributed by atoms with E-state index < -0.39 is 23.0 Å². The fourth-order valence-electron chi connectivity index (χ4n) is 5.50. The Balaban J connectivity index is 1.53. The standard InChI is InChI=1S/C28H27N5O4/c1-16-14-23(30(5)29-16)19-8-11-21-24(15-19)37-28(3,4)22-12-13-31-26(35)32(27(36)33(31)25(21)22)20-9-6-18(7-10-20)17(2)34/h6-12,14-15,25H,13H2,1-5H3. The van der Waals surface area contributed by atoms with Crippen molar-refractivity contribution < 1.29 is 9.53 Å². The number of aryl methyl sites for hydroxylation is 2. The summed E-state index contributed by atoms with van der Waals surface area (Å²) in [6, 6.07) is 14.0. The minimum absolute atomic E-state index is 0.0812. The van der Waals surface area contributed by atoms with Crippen LogP contribution < -0.4 is 16.1 Å². The van der Waals surface area contributed by atoms with Crippen molar-refractivity contribution in [1.29, 1.82) is 0 Å². The van der Waals surface area contributed by atoms with Crippen LogP contribution >= 0.6 is 0 Å². The van der Waals surface area contributed by atoms with Crippen LogP contribution in [-0.4, -0.2) is 35.1 Å². The molecule has 0 amide bonds. The van der Waals surface area contributed by atoms with E-state index in [9.17, 15) is 14.4 Å². The molecule has 0 aliphatic carbocycles. The van der Waals surface area contributed by atoms with Gasteiger partial charge in [-0.05, 0) is 69.7 Å². The van der Waals surface area contributed by atoms with Crippen LogP contribution in [0.5, 0.6) is 5.75 Å². The number of hydrogen-bond acceptors (Lipinski definition) is 5. The molecule has 4 aromatic rings. The quantitative estimate of drug-likeness (QED) is 0.320. The monoisotopic (exact) mass is 497 g/mol. The molecule has 2 aromatic carbocycles. The molecule has 0 radical (unpaired) electrons. The summed E-state index contributed by atoms with van der Waals surface area (Å²) in [5, 5.41) is 4.45. The number of carbonyl (C=O) groups excluding carboxylic acids is 1. The third kappa shape index (κ3) is 3.37. The molecule has 188 valence electrons. The van der Waals surface area contributed by atoms with Crippen molar-refractivity contribution in [3.05, 3.63) is 98.0 Å². The topological polar surface area (TPSA) is 93.1 Å². The SMILES string of the molecule is CC(=O)c1ccc(-n2c(=O)n3n(c2=O)C2C(=CC3)C(C)(C)Oc3cc(-c4cc(C)nn4C)ccc32)cc1. The maximum absolute atomic E-state index is 13.8. The van der Waals surface area contributed by atoms with E-state index in [0.29, 0.717) is 17.0 Å². The van der Waals surface area contributed by atoms with Gasteiger partial charge in [-0.15, -0.1) is 0 Å². The lowest BCUT2D eigenvalue weighted by molar-refractivity contribution is 0.101. The number of benzene rings is 2. The summed E-state index contributed by atoms with van der Waals surface area (Å²) < 4.78 is 12.5. The lowest BCUT2D eigenvalue weighted by Crippen LogP contribution is -2.46. The van der Waals surface area contributed by atoms with Gasteiger partial charge in [-0.3, -0.25) is 9.48 Å². The average Bonchev–Trinajstić information content (AvgIpc) is 3.33. The van der Waals surface area contributed by atoms with Crippen molar-refractivity contribution in [1.82, 2.24) is 23.7 Å². The van der Waals surface area contributed by atoms with Crippen molar-refractivity contribution >= 4 is 5.78 Å². The van der Waals surface area contributed by atoms with E-state index in [4.69, 9.17) is 4.74 Å². The van der Waals surface area contributed by atoms with E-state index in [1.165, 1.54) is 16.3 Å². The summed E-state index contributed by atoms with van der Waals surface area (Å²) in [6.45, 7) is 7.64. The highest BCUT2D eigenvalue weighted by molar-refractivity contribution is 5.94. The summed E-state index contributed by atoms with van der Waals surface area (Å²) in [7, 11) is 1.90. The number of Topliss-reactive ketones (excluding diaryl/α,β-unsaturated/α-hetero) is 1. The Bertz CT molecular complexity index is 1740. The van der Waals surface area contributed by atoms with Crippen LogP contribution in [0, 0.1) is 6.92 Å². The molecule has 0 N–H and O–H groups in total. The molecule has 0 spiro atoms. The van der Waals surface area contributed by atoms with Crippen LogP contribution in [0.2, 0.25) is 0 Å². The molecule has 0 saturated carbocycles. The van der Waals surface area contributed by atoms with Gasteiger partial charge in [0.2, 0.25) is 0 Å². The van der Waals surface area contributed by atoms with E-state index in [-0.39, 0.29) is 12.3 Å². The summed E-state index contributed by atoms with van der Waals surface area (Å²) in [6.07, 6.45) is 1.98. The Kier molecular flexibility index (Phi) is 4.85. The summed E-state index contributed by atoms with van der Waals surface area (Å²) in [5.41, 5.74) is 3.95. The summed E-state index contributed by atoms with van der Waals surface area (Å²) >= 11 is 0. The first kappa shape index (κ1) is 23.0.